The first-order chi connectivity index (χ1) is 16.0. The fourth-order valence-corrected chi connectivity index (χ4v) is 4.07. The van der Waals surface area contributed by atoms with Crippen LogP contribution < -0.4 is 14.4 Å². The van der Waals surface area contributed by atoms with Crippen LogP contribution in [-0.4, -0.2) is 40.2 Å². The van der Waals surface area contributed by atoms with E-state index in [0.717, 1.165) is 4.90 Å². The lowest BCUT2D eigenvalue weighted by Gasteiger charge is -2.26. The van der Waals surface area contributed by atoms with Gasteiger partial charge < -0.3 is 24.8 Å². The van der Waals surface area contributed by atoms with Crippen molar-refractivity contribution in [1.29, 1.82) is 0 Å². The number of ether oxygens (including phenoxy) is 2. The molecule has 1 atom stereocenters. The number of phenolic OH excluding ortho intramolecular Hbond substituents is 2. The van der Waals surface area contributed by atoms with E-state index < -0.39 is 17.7 Å². The predicted molar refractivity (Wildman–Crippen MR) is 118 cm³/mol. The van der Waals surface area contributed by atoms with Crippen LogP contribution in [0.4, 0.5) is 5.69 Å². The molecule has 0 spiro atoms. The Bertz CT molecular complexity index is 1300. The number of amides is 1. The van der Waals surface area contributed by atoms with Crippen LogP contribution in [0.15, 0.2) is 72.3 Å². The number of benzene rings is 3. The Hall–Kier alpha value is -4.46. The van der Waals surface area contributed by atoms with Crippen molar-refractivity contribution in [3.05, 3.63) is 83.4 Å². The van der Waals surface area contributed by atoms with Crippen LogP contribution in [0.5, 0.6) is 23.0 Å². The highest BCUT2D eigenvalue weighted by Gasteiger charge is 2.47. The minimum atomic E-state index is -1.04. The number of phenols is 2. The molecule has 0 aliphatic carbocycles. The zero-order chi connectivity index (χ0) is 23.1. The smallest absolute Gasteiger partial charge is 0.300 e. The molecule has 2 aliphatic rings. The van der Waals surface area contributed by atoms with E-state index in [1.54, 1.807) is 42.5 Å². The molecule has 166 valence electrons. The third-order valence-corrected chi connectivity index (χ3v) is 5.61. The number of ketones is 1. The zero-order valence-electron chi connectivity index (χ0n) is 17.3. The molecule has 3 aromatic rings. The van der Waals surface area contributed by atoms with Gasteiger partial charge in [0.15, 0.2) is 11.5 Å². The number of aromatic hydroxyl groups is 2. The van der Waals surface area contributed by atoms with Gasteiger partial charge in [0.05, 0.1) is 17.3 Å². The first-order valence-corrected chi connectivity index (χ1v) is 10.2. The van der Waals surface area contributed by atoms with Crippen molar-refractivity contribution in [3.8, 4) is 23.0 Å². The number of Topliss-reactive ketones (excluding diaryl/α,β-unsaturated/α-hetero) is 1. The Labute approximate surface area is 188 Å². The maximum atomic E-state index is 13.2. The summed E-state index contributed by atoms with van der Waals surface area (Å²) in [6.45, 7) is 0.757. The van der Waals surface area contributed by atoms with Crippen molar-refractivity contribution >= 4 is 23.1 Å². The molecule has 8 heteroatoms. The summed E-state index contributed by atoms with van der Waals surface area (Å²) in [6.07, 6.45) is 0. The summed E-state index contributed by atoms with van der Waals surface area (Å²) in [5, 5.41) is 31.3. The summed E-state index contributed by atoms with van der Waals surface area (Å²) in [7, 11) is 0. The first kappa shape index (κ1) is 20.4. The number of hydrogen-bond acceptors (Lipinski definition) is 7. The van der Waals surface area contributed by atoms with Gasteiger partial charge >= 0.3 is 0 Å². The molecule has 1 unspecified atom stereocenters. The normalized spacial score (nSPS) is 19.0. The van der Waals surface area contributed by atoms with E-state index in [4.69, 9.17) is 9.47 Å². The number of fused-ring (bicyclic) bond motifs is 1. The lowest BCUT2D eigenvalue weighted by atomic mass is 9.95. The molecule has 0 bridgehead atoms. The SMILES string of the molecule is O=C1C(=O)N(c2ccccc2O)C(c2ccc(O)cc2)/C1=C(/O)c1ccc2c(c1)OCCO2. The lowest BCUT2D eigenvalue weighted by Crippen LogP contribution is -2.29. The van der Waals surface area contributed by atoms with Gasteiger partial charge in [0, 0.05) is 5.56 Å². The summed E-state index contributed by atoms with van der Waals surface area (Å²) >= 11 is 0. The third kappa shape index (κ3) is 3.41. The van der Waals surface area contributed by atoms with Gasteiger partial charge in [0.2, 0.25) is 0 Å². The van der Waals surface area contributed by atoms with Crippen LogP contribution in [0.3, 0.4) is 0 Å². The summed E-state index contributed by atoms with van der Waals surface area (Å²) in [6, 6.07) is 15.8. The fourth-order valence-electron chi connectivity index (χ4n) is 4.07. The van der Waals surface area contributed by atoms with Crippen molar-refractivity contribution in [1.82, 2.24) is 0 Å². The highest BCUT2D eigenvalue weighted by atomic mass is 16.6. The number of rotatable bonds is 3. The van der Waals surface area contributed by atoms with Gasteiger partial charge in [0.1, 0.15) is 30.5 Å². The monoisotopic (exact) mass is 445 g/mol. The van der Waals surface area contributed by atoms with Crippen molar-refractivity contribution in [2.45, 2.75) is 6.04 Å². The summed E-state index contributed by atoms with van der Waals surface area (Å²) in [5.74, 6) is -1.43. The molecule has 2 aliphatic heterocycles. The quantitative estimate of drug-likeness (QED) is 0.321. The third-order valence-electron chi connectivity index (χ3n) is 5.61. The van der Waals surface area contributed by atoms with Crippen LogP contribution in [0.1, 0.15) is 17.2 Å². The van der Waals surface area contributed by atoms with E-state index in [1.807, 2.05) is 0 Å². The Balaban J connectivity index is 1.71. The summed E-state index contributed by atoms with van der Waals surface area (Å²) < 4.78 is 11.1. The topological polar surface area (TPSA) is 117 Å². The zero-order valence-corrected chi connectivity index (χ0v) is 17.3. The van der Waals surface area contributed by atoms with Crippen LogP contribution in [0, 0.1) is 0 Å². The number of hydrogen-bond donors (Lipinski definition) is 3. The number of para-hydroxylation sites is 2. The second-order valence-electron chi connectivity index (χ2n) is 7.61. The summed E-state index contributed by atoms with van der Waals surface area (Å²) in [4.78, 5) is 27.4. The molecule has 0 radical (unpaired) electrons. The Morgan fingerprint density at radius 1 is 0.879 bits per heavy atom. The van der Waals surface area contributed by atoms with E-state index in [-0.39, 0.29) is 34.1 Å². The van der Waals surface area contributed by atoms with E-state index in [2.05, 4.69) is 0 Å². The molecule has 2 heterocycles. The Morgan fingerprint density at radius 3 is 2.30 bits per heavy atom. The Morgan fingerprint density at radius 2 is 1.58 bits per heavy atom. The van der Waals surface area contributed by atoms with Crippen LogP contribution >= 0.6 is 0 Å². The first-order valence-electron chi connectivity index (χ1n) is 10.2. The predicted octanol–water partition coefficient (Wildman–Crippen LogP) is 3.50. The van der Waals surface area contributed by atoms with Gasteiger partial charge in [-0.15, -0.1) is 0 Å². The van der Waals surface area contributed by atoms with Crippen molar-refractivity contribution in [3.63, 3.8) is 0 Å². The van der Waals surface area contributed by atoms with Crippen molar-refractivity contribution in [2.75, 3.05) is 18.1 Å². The number of aliphatic hydroxyl groups is 1. The number of carbonyl (C=O) groups is 2. The molecule has 1 amide bonds. The average molecular weight is 445 g/mol. The average Bonchev–Trinajstić information content (AvgIpc) is 3.09. The number of aliphatic hydroxyl groups excluding tert-OH is 1. The minimum Gasteiger partial charge on any atom is -0.508 e. The Kier molecular flexibility index (Phi) is 4.90. The second kappa shape index (κ2) is 7.90. The molecule has 33 heavy (non-hydrogen) atoms. The lowest BCUT2D eigenvalue weighted by molar-refractivity contribution is -0.132. The highest BCUT2D eigenvalue weighted by Crippen LogP contribution is 2.45. The van der Waals surface area contributed by atoms with Crippen molar-refractivity contribution in [2.24, 2.45) is 0 Å². The van der Waals surface area contributed by atoms with Gasteiger partial charge in [-0.2, -0.15) is 0 Å². The van der Waals surface area contributed by atoms with Crippen molar-refractivity contribution < 1.29 is 34.4 Å². The van der Waals surface area contributed by atoms with Crippen LogP contribution in [-0.2, 0) is 9.59 Å². The fraction of sp³-hybridized carbons (Fsp3) is 0.120. The molecular formula is C25H19NO7. The van der Waals surface area contributed by atoms with Gasteiger partial charge in [-0.05, 0) is 48.0 Å². The van der Waals surface area contributed by atoms with Gasteiger partial charge in [0.25, 0.3) is 11.7 Å². The number of carbonyl (C=O) groups excluding carboxylic acids is 2. The highest BCUT2D eigenvalue weighted by molar-refractivity contribution is 6.51. The molecule has 0 aromatic heterocycles. The van der Waals surface area contributed by atoms with Gasteiger partial charge in [-0.25, -0.2) is 0 Å². The molecule has 8 nitrogen and oxygen atoms in total. The van der Waals surface area contributed by atoms with Crippen LogP contribution in [0.2, 0.25) is 0 Å². The van der Waals surface area contributed by atoms with E-state index in [9.17, 15) is 24.9 Å². The maximum Gasteiger partial charge on any atom is 0.300 e. The second-order valence-corrected chi connectivity index (χ2v) is 7.61. The van der Waals surface area contributed by atoms with E-state index in [0.29, 0.717) is 30.3 Å². The van der Waals surface area contributed by atoms with Gasteiger partial charge in [-0.1, -0.05) is 24.3 Å². The molecule has 3 aromatic carbocycles. The maximum absolute atomic E-state index is 13.2. The minimum absolute atomic E-state index is 0.00472. The van der Waals surface area contributed by atoms with Gasteiger partial charge in [-0.3, -0.25) is 14.5 Å². The molecule has 1 fully saturated rings. The molecule has 5 rings (SSSR count). The number of nitrogens with zero attached hydrogens (tertiary/aromatic N) is 1. The summed E-state index contributed by atoms with van der Waals surface area (Å²) in [5.41, 5.74) is 0.720. The number of anilines is 1. The van der Waals surface area contributed by atoms with E-state index in [1.165, 1.54) is 24.3 Å². The standard InChI is InChI=1S/C25H19NO7/c27-16-8-5-14(6-9-16)22-21(23(29)15-7-10-19-20(13-15)33-12-11-32-19)24(30)25(31)26(22)17-3-1-2-4-18(17)28/h1-10,13,22,27-29H,11-12H2/b23-21-. The molecule has 0 saturated carbocycles. The largest absolute Gasteiger partial charge is 0.508 e. The van der Waals surface area contributed by atoms with E-state index >= 15 is 0 Å². The molecule has 3 N–H and O–H groups in total. The molecule has 1 saturated heterocycles. The van der Waals surface area contributed by atoms with Crippen LogP contribution in [0.25, 0.3) is 5.76 Å². The molecular weight excluding hydrogens is 426 g/mol.